The van der Waals surface area contributed by atoms with Crippen molar-refractivity contribution < 1.29 is 35.8 Å². The van der Waals surface area contributed by atoms with Crippen LogP contribution in [-0.4, -0.2) is 40.4 Å². The van der Waals surface area contributed by atoms with Crippen LogP contribution in [0.4, 0.5) is 30.7 Å². The molecule has 0 aliphatic carbocycles. The van der Waals surface area contributed by atoms with Crippen LogP contribution in [-0.2, 0) is 18.1 Å². The van der Waals surface area contributed by atoms with Gasteiger partial charge in [-0.25, -0.2) is 28.4 Å². The first kappa shape index (κ1) is 28.8. The Labute approximate surface area is 235 Å². The van der Waals surface area contributed by atoms with Crippen LogP contribution in [0.15, 0.2) is 60.5 Å². The molecule has 0 radical (unpaired) electrons. The fraction of sp³-hybridized carbons (Fsp3) is 0.240. The van der Waals surface area contributed by atoms with E-state index in [0.717, 1.165) is 23.7 Å². The number of rotatable bonds is 8. The van der Waals surface area contributed by atoms with Crippen LogP contribution < -0.4 is 0 Å². The molecule has 0 saturated carbocycles. The third kappa shape index (κ3) is 5.46. The van der Waals surface area contributed by atoms with Crippen molar-refractivity contribution >= 4 is 22.9 Å². The highest BCUT2D eigenvalue weighted by molar-refractivity contribution is 7.13. The molecule has 3 heterocycles. The third-order valence-corrected chi connectivity index (χ3v) is 8.16. The van der Waals surface area contributed by atoms with Crippen molar-refractivity contribution in [1.29, 1.82) is 0 Å². The van der Waals surface area contributed by atoms with Gasteiger partial charge in [-0.05, 0) is 17.6 Å². The van der Waals surface area contributed by atoms with Crippen molar-refractivity contribution in [2.45, 2.75) is 37.1 Å². The molecule has 5 rings (SSSR count). The van der Waals surface area contributed by atoms with Gasteiger partial charge in [0.05, 0.1) is 6.54 Å². The van der Waals surface area contributed by atoms with Crippen LogP contribution in [0.2, 0.25) is 0 Å². The Balaban J connectivity index is 1.41. The zero-order valence-corrected chi connectivity index (χ0v) is 22.3. The highest BCUT2D eigenvalue weighted by Crippen LogP contribution is 2.45. The molecule has 41 heavy (non-hydrogen) atoms. The van der Waals surface area contributed by atoms with Crippen molar-refractivity contribution in [3.63, 3.8) is 0 Å². The van der Waals surface area contributed by atoms with Crippen molar-refractivity contribution in [3.8, 4) is 22.0 Å². The number of alkyl halides is 5. The van der Waals surface area contributed by atoms with Crippen molar-refractivity contribution in [2.75, 3.05) is 0 Å². The van der Waals surface area contributed by atoms with Gasteiger partial charge >= 0.3 is 12.1 Å². The average Bonchev–Trinajstić information content (AvgIpc) is 3.70. The van der Waals surface area contributed by atoms with E-state index in [4.69, 9.17) is 0 Å². The minimum absolute atomic E-state index is 0.0319. The summed E-state index contributed by atoms with van der Waals surface area (Å²) in [5.74, 6) is -7.48. The number of halogens is 7. The molecule has 16 heteroatoms. The van der Waals surface area contributed by atoms with Gasteiger partial charge in [-0.2, -0.15) is 31.4 Å². The summed E-state index contributed by atoms with van der Waals surface area (Å²) in [6.07, 6.45) is -3.19. The van der Waals surface area contributed by atoms with Crippen molar-refractivity contribution in [2.24, 2.45) is 0 Å². The predicted molar refractivity (Wildman–Crippen MR) is 135 cm³/mol. The normalized spacial score (nSPS) is 14.7. The highest BCUT2D eigenvalue weighted by Gasteiger charge is 2.60. The summed E-state index contributed by atoms with van der Waals surface area (Å²) in [6, 6.07) is 8.86. The van der Waals surface area contributed by atoms with Crippen molar-refractivity contribution in [3.05, 3.63) is 88.4 Å². The second-order valence-electron chi connectivity index (χ2n) is 9.01. The Bertz CT molecular complexity index is 1650. The third-order valence-electron chi connectivity index (χ3n) is 6.37. The Hall–Kier alpha value is -3.76. The van der Waals surface area contributed by atoms with Crippen LogP contribution in [0.5, 0.6) is 0 Å². The maximum absolute atomic E-state index is 14.8. The quantitative estimate of drug-likeness (QED) is 0.200. The SMILES string of the molecule is C[C@@H](c1nc(-c2ccc(-c3nc(C(F)(F)C(F)(F)F)cs3)cc2)ns1)[C@](O)(Cn1cncn1)c1ccc(F)cc1F. The summed E-state index contributed by atoms with van der Waals surface area (Å²) >= 11 is 1.59. The lowest BCUT2D eigenvalue weighted by Crippen LogP contribution is -2.38. The van der Waals surface area contributed by atoms with E-state index in [2.05, 4.69) is 24.4 Å². The largest absolute Gasteiger partial charge is 0.459 e. The molecule has 2 aromatic carbocycles. The molecule has 0 amide bonds. The maximum Gasteiger partial charge on any atom is 0.459 e. The van der Waals surface area contributed by atoms with E-state index in [9.17, 15) is 35.8 Å². The summed E-state index contributed by atoms with van der Waals surface area (Å²) in [5, 5.41) is 16.7. The molecule has 0 fully saturated rings. The zero-order chi connectivity index (χ0) is 29.6. The number of hydrogen-bond donors (Lipinski definition) is 1. The molecular formula is C25H17F7N6OS2. The summed E-state index contributed by atoms with van der Waals surface area (Å²) in [4.78, 5) is 11.8. The zero-order valence-electron chi connectivity index (χ0n) is 20.7. The Morgan fingerprint density at radius 3 is 2.32 bits per heavy atom. The van der Waals surface area contributed by atoms with Gasteiger partial charge in [0.1, 0.15) is 45.6 Å². The van der Waals surface area contributed by atoms with Crippen LogP contribution in [0, 0.1) is 11.6 Å². The summed E-state index contributed by atoms with van der Waals surface area (Å²) in [7, 11) is 0. The predicted octanol–water partition coefficient (Wildman–Crippen LogP) is 6.54. The molecule has 2 atom stereocenters. The van der Waals surface area contributed by atoms with Gasteiger partial charge in [0.25, 0.3) is 0 Å². The lowest BCUT2D eigenvalue weighted by atomic mass is 9.82. The second kappa shape index (κ2) is 10.6. The lowest BCUT2D eigenvalue weighted by molar-refractivity contribution is -0.290. The van der Waals surface area contributed by atoms with E-state index in [1.807, 2.05) is 0 Å². The van der Waals surface area contributed by atoms with E-state index >= 15 is 0 Å². The summed E-state index contributed by atoms with van der Waals surface area (Å²) in [5.41, 5.74) is -2.71. The Morgan fingerprint density at radius 2 is 1.68 bits per heavy atom. The number of benzene rings is 2. The van der Waals surface area contributed by atoms with E-state index < -0.39 is 40.9 Å². The van der Waals surface area contributed by atoms with Gasteiger partial charge in [-0.3, -0.25) is 0 Å². The number of aliphatic hydroxyl groups is 1. The number of thiazole rings is 1. The first-order valence-corrected chi connectivity index (χ1v) is 13.3. The first-order valence-electron chi connectivity index (χ1n) is 11.6. The van der Waals surface area contributed by atoms with E-state index in [0.29, 0.717) is 38.9 Å². The molecule has 0 spiro atoms. The van der Waals surface area contributed by atoms with Crippen molar-refractivity contribution in [1.82, 2.24) is 29.1 Å². The van der Waals surface area contributed by atoms with Crippen LogP contribution in [0.25, 0.3) is 22.0 Å². The lowest BCUT2D eigenvalue weighted by Gasteiger charge is -2.33. The minimum Gasteiger partial charge on any atom is -0.382 e. The molecule has 0 unspecified atom stereocenters. The molecule has 7 nitrogen and oxygen atoms in total. The topological polar surface area (TPSA) is 89.6 Å². The molecule has 0 saturated heterocycles. The van der Waals surface area contributed by atoms with Crippen LogP contribution in [0.1, 0.15) is 29.1 Å². The van der Waals surface area contributed by atoms with E-state index in [-0.39, 0.29) is 22.9 Å². The summed E-state index contributed by atoms with van der Waals surface area (Å²) in [6.45, 7) is 1.37. The molecule has 1 N–H and O–H groups in total. The minimum atomic E-state index is -5.77. The monoisotopic (exact) mass is 614 g/mol. The van der Waals surface area contributed by atoms with Gasteiger partial charge in [0, 0.05) is 34.1 Å². The number of nitrogens with zero attached hydrogens (tertiary/aromatic N) is 6. The van der Waals surface area contributed by atoms with E-state index in [1.54, 1.807) is 6.92 Å². The maximum atomic E-state index is 14.8. The van der Waals surface area contributed by atoms with Gasteiger partial charge in [-0.15, -0.1) is 11.3 Å². The summed E-state index contributed by atoms with van der Waals surface area (Å²) < 4.78 is 99.3. The fourth-order valence-corrected chi connectivity index (χ4v) is 5.70. The van der Waals surface area contributed by atoms with Gasteiger partial charge in [-0.1, -0.05) is 37.3 Å². The van der Waals surface area contributed by atoms with E-state index in [1.165, 1.54) is 41.6 Å². The smallest absolute Gasteiger partial charge is 0.382 e. The van der Waals surface area contributed by atoms with Gasteiger partial charge < -0.3 is 5.11 Å². The van der Waals surface area contributed by atoms with Crippen LogP contribution >= 0.6 is 22.9 Å². The Morgan fingerprint density at radius 1 is 0.976 bits per heavy atom. The highest BCUT2D eigenvalue weighted by atomic mass is 32.1. The molecule has 214 valence electrons. The molecular weight excluding hydrogens is 597 g/mol. The van der Waals surface area contributed by atoms with Crippen LogP contribution in [0.3, 0.4) is 0 Å². The fourth-order valence-electron chi connectivity index (χ4n) is 4.05. The molecule has 0 aliphatic heterocycles. The second-order valence-corrected chi connectivity index (χ2v) is 10.6. The molecule has 0 aliphatic rings. The standard InChI is InChI=1S/C25H17F7N6OS2/c1-13(23(39,10-38-12-33-11-34-38)17-7-6-16(26)8-18(17)27)21-36-20(37-41-21)14-2-4-15(5-3-14)22-35-19(9-40-22)24(28,29)25(30,31)32/h2-9,11-13,39H,10H2,1H3/t13-,23+/m0/s1. The first-order chi connectivity index (χ1) is 19.3. The molecule has 5 aromatic rings. The molecule has 0 bridgehead atoms. The van der Waals surface area contributed by atoms with Gasteiger partial charge in [0.15, 0.2) is 5.82 Å². The Kier molecular flexibility index (Phi) is 7.42. The number of aromatic nitrogens is 6. The van der Waals surface area contributed by atoms with Gasteiger partial charge in [0.2, 0.25) is 0 Å². The number of hydrogen-bond acceptors (Lipinski definition) is 8. The average molecular weight is 615 g/mol. The molecule has 3 aromatic heterocycles.